The van der Waals surface area contributed by atoms with Gasteiger partial charge in [0.25, 0.3) is 0 Å². The first-order valence-corrected chi connectivity index (χ1v) is 11.2. The van der Waals surface area contributed by atoms with E-state index in [0.29, 0.717) is 18.6 Å². The average molecular weight is 419 g/mol. The predicted octanol–water partition coefficient (Wildman–Crippen LogP) is 2.60. The van der Waals surface area contributed by atoms with Crippen molar-refractivity contribution >= 4 is 5.96 Å². The van der Waals surface area contributed by atoms with E-state index in [1.165, 1.54) is 6.42 Å². The molecule has 2 heterocycles. The average Bonchev–Trinajstić information content (AvgIpc) is 3.42. The second-order valence-electron chi connectivity index (χ2n) is 8.24. The molecule has 30 heavy (non-hydrogen) atoms. The molecule has 0 aliphatic carbocycles. The van der Waals surface area contributed by atoms with Gasteiger partial charge in [-0.25, -0.2) is 0 Å². The summed E-state index contributed by atoms with van der Waals surface area (Å²) in [4.78, 5) is 9.20. The van der Waals surface area contributed by atoms with E-state index >= 15 is 0 Å². The van der Waals surface area contributed by atoms with Gasteiger partial charge >= 0.3 is 0 Å². The number of rotatable bonds is 9. The zero-order chi connectivity index (χ0) is 21.4. The Morgan fingerprint density at radius 1 is 1.27 bits per heavy atom. The molecule has 0 bridgehead atoms. The van der Waals surface area contributed by atoms with Crippen molar-refractivity contribution in [2.45, 2.75) is 33.2 Å². The Morgan fingerprint density at radius 2 is 2.10 bits per heavy atom. The minimum Gasteiger partial charge on any atom is -0.493 e. The summed E-state index contributed by atoms with van der Waals surface area (Å²) in [5.41, 5.74) is 1.47. The molecule has 7 nitrogen and oxygen atoms in total. The molecule has 1 atom stereocenters. The van der Waals surface area contributed by atoms with Crippen molar-refractivity contribution < 1.29 is 14.2 Å². The van der Waals surface area contributed by atoms with E-state index in [-0.39, 0.29) is 0 Å². The number of methoxy groups -OCH3 is 1. The Morgan fingerprint density at radius 3 is 2.77 bits per heavy atom. The van der Waals surface area contributed by atoms with Gasteiger partial charge in [-0.2, -0.15) is 0 Å². The van der Waals surface area contributed by atoms with Crippen molar-refractivity contribution in [1.82, 2.24) is 15.1 Å². The Balaban J connectivity index is 1.53. The monoisotopic (exact) mass is 418 g/mol. The fraction of sp³-hybridized carbons (Fsp3) is 0.696. The summed E-state index contributed by atoms with van der Waals surface area (Å²) < 4.78 is 17.2. The van der Waals surface area contributed by atoms with Crippen molar-refractivity contribution in [2.24, 2.45) is 10.4 Å². The maximum atomic E-state index is 5.97. The SMILES string of the molecule is CCN(CC)CCOc1ccc(CNC(=NC)N2CCC3(CCOC3)C2)cc1OC. The number of likely N-dealkylation sites (tertiary alicyclic amines) is 1. The first-order chi connectivity index (χ1) is 14.6. The second kappa shape index (κ2) is 10.9. The summed E-state index contributed by atoms with van der Waals surface area (Å²) in [7, 11) is 3.54. The van der Waals surface area contributed by atoms with Crippen LogP contribution in [0.1, 0.15) is 32.3 Å². The number of benzene rings is 1. The van der Waals surface area contributed by atoms with Crippen LogP contribution >= 0.6 is 0 Å². The summed E-state index contributed by atoms with van der Waals surface area (Å²) >= 11 is 0. The third kappa shape index (κ3) is 5.58. The van der Waals surface area contributed by atoms with E-state index in [2.05, 4.69) is 40.0 Å². The lowest BCUT2D eigenvalue weighted by molar-refractivity contribution is 0.156. The fourth-order valence-corrected chi connectivity index (χ4v) is 4.37. The van der Waals surface area contributed by atoms with Gasteiger partial charge in [0.15, 0.2) is 17.5 Å². The van der Waals surface area contributed by atoms with Crippen LogP contribution in [0.25, 0.3) is 0 Å². The highest BCUT2D eigenvalue weighted by Crippen LogP contribution is 2.38. The van der Waals surface area contributed by atoms with E-state index in [0.717, 1.165) is 75.4 Å². The lowest BCUT2D eigenvalue weighted by Gasteiger charge is -2.25. The van der Waals surface area contributed by atoms with Gasteiger partial charge in [0.1, 0.15) is 6.61 Å². The van der Waals surface area contributed by atoms with E-state index in [1.807, 2.05) is 19.2 Å². The molecule has 1 N–H and O–H groups in total. The third-order valence-electron chi connectivity index (χ3n) is 6.37. The Hall–Kier alpha value is -1.99. The first kappa shape index (κ1) is 22.7. The topological polar surface area (TPSA) is 58.6 Å². The van der Waals surface area contributed by atoms with Crippen LogP contribution in [-0.4, -0.2) is 82.5 Å². The zero-order valence-corrected chi connectivity index (χ0v) is 19.1. The Labute approximate surface area is 181 Å². The summed E-state index contributed by atoms with van der Waals surface area (Å²) in [6, 6.07) is 6.14. The molecule has 0 saturated carbocycles. The van der Waals surface area contributed by atoms with Crippen LogP contribution in [0.4, 0.5) is 0 Å². The Bertz CT molecular complexity index is 700. The first-order valence-electron chi connectivity index (χ1n) is 11.2. The molecule has 2 fully saturated rings. The second-order valence-corrected chi connectivity index (χ2v) is 8.24. The molecule has 1 unspecified atom stereocenters. The minimum atomic E-state index is 0.324. The van der Waals surface area contributed by atoms with Crippen LogP contribution in [0.5, 0.6) is 11.5 Å². The van der Waals surface area contributed by atoms with Gasteiger partial charge in [-0.3, -0.25) is 4.99 Å². The van der Waals surface area contributed by atoms with E-state index in [1.54, 1.807) is 7.11 Å². The van der Waals surface area contributed by atoms with Crippen LogP contribution in [0.3, 0.4) is 0 Å². The van der Waals surface area contributed by atoms with Crippen LogP contribution in [0.2, 0.25) is 0 Å². The summed E-state index contributed by atoms with van der Waals surface area (Å²) in [5.74, 6) is 2.52. The van der Waals surface area contributed by atoms with Crippen LogP contribution in [0.15, 0.2) is 23.2 Å². The van der Waals surface area contributed by atoms with Gasteiger partial charge < -0.3 is 29.3 Å². The number of nitrogens with zero attached hydrogens (tertiary/aromatic N) is 3. The molecule has 2 saturated heterocycles. The Kier molecular flexibility index (Phi) is 8.22. The van der Waals surface area contributed by atoms with Gasteiger partial charge in [-0.05, 0) is 43.6 Å². The van der Waals surface area contributed by atoms with Crippen LogP contribution < -0.4 is 14.8 Å². The maximum absolute atomic E-state index is 5.97. The molecule has 1 aromatic carbocycles. The highest BCUT2D eigenvalue weighted by Gasteiger charge is 2.42. The number of nitrogens with one attached hydrogen (secondary N) is 1. The molecular formula is C23H38N4O3. The van der Waals surface area contributed by atoms with Crippen LogP contribution in [-0.2, 0) is 11.3 Å². The molecule has 168 valence electrons. The van der Waals surface area contributed by atoms with E-state index in [9.17, 15) is 0 Å². The summed E-state index contributed by atoms with van der Waals surface area (Å²) in [5, 5.41) is 3.51. The maximum Gasteiger partial charge on any atom is 0.193 e. The van der Waals surface area contributed by atoms with Gasteiger partial charge in [0.2, 0.25) is 0 Å². The van der Waals surface area contributed by atoms with Gasteiger partial charge in [0, 0.05) is 45.2 Å². The van der Waals surface area contributed by atoms with Gasteiger partial charge in [0.05, 0.1) is 13.7 Å². The number of guanidine groups is 1. The molecule has 1 spiro atoms. The standard InChI is InChI=1S/C23H38N4O3/c1-5-26(6-2)12-14-30-20-8-7-19(15-21(20)28-4)16-25-22(24-3)27-11-9-23(17-27)10-13-29-18-23/h7-8,15H,5-6,9-14,16-18H2,1-4H3,(H,24,25). The van der Waals surface area contributed by atoms with Crippen molar-refractivity contribution in [1.29, 1.82) is 0 Å². The molecular weight excluding hydrogens is 380 g/mol. The number of aliphatic imine (C=N–C) groups is 1. The molecule has 0 radical (unpaired) electrons. The van der Waals surface area contributed by atoms with E-state index < -0.39 is 0 Å². The third-order valence-corrected chi connectivity index (χ3v) is 6.37. The lowest BCUT2D eigenvalue weighted by atomic mass is 9.87. The molecule has 0 aromatic heterocycles. The largest absolute Gasteiger partial charge is 0.493 e. The van der Waals surface area contributed by atoms with Crippen molar-refractivity contribution in [3.8, 4) is 11.5 Å². The predicted molar refractivity (Wildman–Crippen MR) is 121 cm³/mol. The smallest absolute Gasteiger partial charge is 0.193 e. The van der Waals surface area contributed by atoms with Crippen molar-refractivity contribution in [3.63, 3.8) is 0 Å². The summed E-state index contributed by atoms with van der Waals surface area (Å²) in [6.07, 6.45) is 2.34. The number of hydrogen-bond donors (Lipinski definition) is 1. The fourth-order valence-electron chi connectivity index (χ4n) is 4.37. The summed E-state index contributed by atoms with van der Waals surface area (Å²) in [6.45, 7) is 12.5. The molecule has 2 aliphatic heterocycles. The molecule has 0 amide bonds. The molecule has 2 aliphatic rings. The van der Waals surface area contributed by atoms with Crippen LogP contribution in [0, 0.1) is 5.41 Å². The normalized spacial score (nSPS) is 21.6. The molecule has 7 heteroatoms. The van der Waals surface area contributed by atoms with Crippen molar-refractivity contribution in [3.05, 3.63) is 23.8 Å². The quantitative estimate of drug-likeness (QED) is 0.491. The number of likely N-dealkylation sites (N-methyl/N-ethyl adjacent to an activating group) is 1. The molecule has 1 aromatic rings. The van der Waals surface area contributed by atoms with Gasteiger partial charge in [-0.1, -0.05) is 19.9 Å². The lowest BCUT2D eigenvalue weighted by Crippen LogP contribution is -2.41. The number of ether oxygens (including phenoxy) is 3. The van der Waals surface area contributed by atoms with Crippen molar-refractivity contribution in [2.75, 3.05) is 66.7 Å². The number of hydrogen-bond acceptors (Lipinski definition) is 5. The highest BCUT2D eigenvalue weighted by molar-refractivity contribution is 5.80. The minimum absolute atomic E-state index is 0.324. The van der Waals surface area contributed by atoms with Gasteiger partial charge in [-0.15, -0.1) is 0 Å². The zero-order valence-electron chi connectivity index (χ0n) is 19.1. The van der Waals surface area contributed by atoms with E-state index in [4.69, 9.17) is 14.2 Å². The molecule has 3 rings (SSSR count). The highest BCUT2D eigenvalue weighted by atomic mass is 16.5.